The van der Waals surface area contributed by atoms with Gasteiger partial charge in [0, 0.05) is 6.42 Å². The third-order valence-corrected chi connectivity index (χ3v) is 1.88. The molecule has 78 valence electrons. The smallest absolute Gasteiger partial charge is 0.234 e. The minimum absolute atomic E-state index is 0.132. The Morgan fingerprint density at radius 3 is 2.71 bits per heavy atom. The van der Waals surface area contributed by atoms with Crippen LogP contribution in [0.1, 0.15) is 33.6 Å². The molecule has 0 saturated carbocycles. The first kappa shape index (κ1) is 11.3. The van der Waals surface area contributed by atoms with Gasteiger partial charge in [0.25, 0.3) is 0 Å². The van der Waals surface area contributed by atoms with Gasteiger partial charge in [0.05, 0.1) is 12.7 Å². The van der Waals surface area contributed by atoms with Gasteiger partial charge in [0.1, 0.15) is 0 Å². The predicted octanol–water partition coefficient (Wildman–Crippen LogP) is 2.50. The standard InChI is InChI=1S/C12H18O2/c1-10(2)6-8-12(14-11(3)4)7-5-9-13-12/h11H,1,5,7,9H2,2-4H3. The van der Waals surface area contributed by atoms with E-state index < -0.39 is 5.79 Å². The van der Waals surface area contributed by atoms with E-state index in [9.17, 15) is 0 Å². The third kappa shape index (κ3) is 3.17. The van der Waals surface area contributed by atoms with E-state index >= 15 is 0 Å². The van der Waals surface area contributed by atoms with E-state index in [1.165, 1.54) is 0 Å². The summed E-state index contributed by atoms with van der Waals surface area (Å²) in [4.78, 5) is 0. The van der Waals surface area contributed by atoms with E-state index in [2.05, 4.69) is 18.4 Å². The molecule has 1 fully saturated rings. The minimum atomic E-state index is -0.673. The number of rotatable bonds is 2. The number of ether oxygens (including phenoxy) is 2. The molecule has 1 atom stereocenters. The third-order valence-electron chi connectivity index (χ3n) is 1.88. The lowest BCUT2D eigenvalue weighted by molar-refractivity contribution is -0.188. The SMILES string of the molecule is C=C(C)C#CC1(OC(C)C)CCCO1. The maximum Gasteiger partial charge on any atom is 0.234 e. The molecule has 0 aromatic heterocycles. The van der Waals surface area contributed by atoms with Gasteiger partial charge in [-0.05, 0) is 38.7 Å². The fourth-order valence-electron chi connectivity index (χ4n) is 1.42. The van der Waals surface area contributed by atoms with Gasteiger partial charge in [-0.15, -0.1) is 0 Å². The Bertz CT molecular complexity index is 262. The summed E-state index contributed by atoms with van der Waals surface area (Å²) in [5, 5.41) is 0. The molecule has 0 aromatic rings. The van der Waals surface area contributed by atoms with E-state index in [0.717, 1.165) is 25.0 Å². The highest BCUT2D eigenvalue weighted by molar-refractivity contribution is 5.27. The quantitative estimate of drug-likeness (QED) is 0.629. The predicted molar refractivity (Wildman–Crippen MR) is 56.7 cm³/mol. The zero-order valence-corrected chi connectivity index (χ0v) is 9.22. The Labute approximate surface area is 86.3 Å². The van der Waals surface area contributed by atoms with Gasteiger partial charge in [-0.3, -0.25) is 0 Å². The average Bonchev–Trinajstić information content (AvgIpc) is 2.49. The van der Waals surface area contributed by atoms with Crippen molar-refractivity contribution in [2.75, 3.05) is 6.61 Å². The Morgan fingerprint density at radius 2 is 2.29 bits per heavy atom. The van der Waals surface area contributed by atoms with Crippen molar-refractivity contribution in [3.8, 4) is 11.8 Å². The van der Waals surface area contributed by atoms with E-state index in [-0.39, 0.29) is 6.10 Å². The molecule has 1 aliphatic heterocycles. The van der Waals surface area contributed by atoms with Crippen LogP contribution in [-0.4, -0.2) is 18.5 Å². The van der Waals surface area contributed by atoms with Gasteiger partial charge in [0.2, 0.25) is 5.79 Å². The van der Waals surface area contributed by atoms with Crippen molar-refractivity contribution in [1.82, 2.24) is 0 Å². The average molecular weight is 194 g/mol. The van der Waals surface area contributed by atoms with Gasteiger partial charge >= 0.3 is 0 Å². The van der Waals surface area contributed by atoms with E-state index in [1.54, 1.807) is 0 Å². The Kier molecular flexibility index (Phi) is 3.74. The van der Waals surface area contributed by atoms with E-state index in [4.69, 9.17) is 9.47 Å². The Hall–Kier alpha value is -0.780. The van der Waals surface area contributed by atoms with Crippen molar-refractivity contribution in [2.24, 2.45) is 0 Å². The summed E-state index contributed by atoms with van der Waals surface area (Å²) in [5.41, 5.74) is 0.840. The molecule has 1 heterocycles. The zero-order chi connectivity index (χ0) is 10.6. The number of allylic oxidation sites excluding steroid dienone is 1. The maximum absolute atomic E-state index is 5.71. The molecule has 0 radical (unpaired) electrons. The lowest BCUT2D eigenvalue weighted by atomic mass is 10.1. The van der Waals surface area contributed by atoms with Crippen LogP contribution in [0.25, 0.3) is 0 Å². The van der Waals surface area contributed by atoms with Crippen molar-refractivity contribution >= 4 is 0 Å². The molecule has 14 heavy (non-hydrogen) atoms. The summed E-state index contributed by atoms with van der Waals surface area (Å²) in [6.07, 6.45) is 2.00. The van der Waals surface area contributed by atoms with Crippen molar-refractivity contribution < 1.29 is 9.47 Å². The lowest BCUT2D eigenvalue weighted by Crippen LogP contribution is -2.32. The lowest BCUT2D eigenvalue weighted by Gasteiger charge is -2.24. The van der Waals surface area contributed by atoms with Crippen molar-refractivity contribution in [3.05, 3.63) is 12.2 Å². The minimum Gasteiger partial charge on any atom is -0.340 e. The second-order valence-corrected chi connectivity index (χ2v) is 3.90. The second-order valence-electron chi connectivity index (χ2n) is 3.90. The molecular weight excluding hydrogens is 176 g/mol. The first-order valence-electron chi connectivity index (χ1n) is 5.04. The molecule has 0 aliphatic carbocycles. The summed E-state index contributed by atoms with van der Waals surface area (Å²) < 4.78 is 11.3. The highest BCUT2D eigenvalue weighted by Crippen LogP contribution is 2.27. The maximum atomic E-state index is 5.71. The topological polar surface area (TPSA) is 18.5 Å². The van der Waals surface area contributed by atoms with Crippen molar-refractivity contribution in [3.63, 3.8) is 0 Å². The van der Waals surface area contributed by atoms with Crippen LogP contribution in [0.2, 0.25) is 0 Å². The molecule has 1 rings (SSSR count). The first-order chi connectivity index (χ1) is 6.54. The fraction of sp³-hybridized carbons (Fsp3) is 0.667. The normalized spacial score (nSPS) is 26.0. The largest absolute Gasteiger partial charge is 0.340 e. The number of hydrogen-bond acceptors (Lipinski definition) is 2. The monoisotopic (exact) mass is 194 g/mol. The molecule has 0 aromatic carbocycles. The van der Waals surface area contributed by atoms with Gasteiger partial charge in [0.15, 0.2) is 0 Å². The molecule has 0 spiro atoms. The van der Waals surface area contributed by atoms with Gasteiger partial charge in [-0.2, -0.15) is 0 Å². The highest BCUT2D eigenvalue weighted by atomic mass is 16.7. The van der Waals surface area contributed by atoms with E-state index in [1.807, 2.05) is 20.8 Å². The molecule has 0 amide bonds. The van der Waals surface area contributed by atoms with Crippen LogP contribution in [0.3, 0.4) is 0 Å². The molecule has 1 saturated heterocycles. The summed E-state index contributed by atoms with van der Waals surface area (Å²) in [7, 11) is 0. The summed E-state index contributed by atoms with van der Waals surface area (Å²) in [6, 6.07) is 0. The van der Waals surface area contributed by atoms with Crippen LogP contribution in [0, 0.1) is 11.8 Å². The molecule has 2 nitrogen and oxygen atoms in total. The Morgan fingerprint density at radius 1 is 1.57 bits per heavy atom. The van der Waals surface area contributed by atoms with Crippen molar-refractivity contribution in [1.29, 1.82) is 0 Å². The van der Waals surface area contributed by atoms with Crippen LogP contribution in [0.15, 0.2) is 12.2 Å². The molecule has 1 unspecified atom stereocenters. The van der Waals surface area contributed by atoms with Crippen LogP contribution in [0.4, 0.5) is 0 Å². The van der Waals surface area contributed by atoms with Crippen LogP contribution >= 0.6 is 0 Å². The zero-order valence-electron chi connectivity index (χ0n) is 9.22. The second kappa shape index (κ2) is 4.63. The number of hydrogen-bond donors (Lipinski definition) is 0. The molecular formula is C12H18O2. The highest BCUT2D eigenvalue weighted by Gasteiger charge is 2.35. The summed E-state index contributed by atoms with van der Waals surface area (Å²) >= 11 is 0. The van der Waals surface area contributed by atoms with Gasteiger partial charge < -0.3 is 9.47 Å². The van der Waals surface area contributed by atoms with E-state index in [0.29, 0.717) is 0 Å². The van der Waals surface area contributed by atoms with Crippen molar-refractivity contribution in [2.45, 2.75) is 45.5 Å². The Balaban J connectivity index is 2.73. The fourth-order valence-corrected chi connectivity index (χ4v) is 1.42. The molecule has 1 aliphatic rings. The molecule has 2 heteroatoms. The van der Waals surface area contributed by atoms with Crippen LogP contribution < -0.4 is 0 Å². The summed E-state index contributed by atoms with van der Waals surface area (Å²) in [6.45, 7) is 10.3. The summed E-state index contributed by atoms with van der Waals surface area (Å²) in [5.74, 6) is 5.30. The molecule has 0 N–H and O–H groups in total. The first-order valence-corrected chi connectivity index (χ1v) is 5.04. The van der Waals surface area contributed by atoms with Crippen LogP contribution in [-0.2, 0) is 9.47 Å². The van der Waals surface area contributed by atoms with Crippen LogP contribution in [0.5, 0.6) is 0 Å². The van der Waals surface area contributed by atoms with Gasteiger partial charge in [-0.25, -0.2) is 0 Å². The van der Waals surface area contributed by atoms with Gasteiger partial charge in [-0.1, -0.05) is 12.5 Å². The molecule has 0 bridgehead atoms.